The molecule has 3 nitrogen and oxygen atoms in total. The van der Waals surface area contributed by atoms with E-state index < -0.39 is 0 Å². The fraction of sp³-hybridized carbons (Fsp3) is 0.100. The molecule has 1 aromatic carbocycles. The zero-order valence-corrected chi connectivity index (χ0v) is 8.14. The Balaban J connectivity index is 2.84. The molecule has 2 aromatic rings. The monoisotopic (exact) mass is 208 g/mol. The van der Waals surface area contributed by atoms with Gasteiger partial charge in [0.1, 0.15) is 0 Å². The van der Waals surface area contributed by atoms with Gasteiger partial charge in [-0.15, -0.1) is 0 Å². The molecule has 0 radical (unpaired) electrons. The minimum absolute atomic E-state index is 0.125. The highest BCUT2D eigenvalue weighted by Crippen LogP contribution is 2.16. The van der Waals surface area contributed by atoms with E-state index in [-0.39, 0.29) is 5.56 Å². The highest BCUT2D eigenvalue weighted by molar-refractivity contribution is 6.31. The number of hydrogen-bond donors (Lipinski definition) is 2. The molecule has 0 aliphatic rings. The van der Waals surface area contributed by atoms with Gasteiger partial charge in [0.25, 0.3) is 5.56 Å². The highest BCUT2D eigenvalue weighted by atomic mass is 35.5. The summed E-state index contributed by atoms with van der Waals surface area (Å²) in [6.45, 7) is 0.317. The summed E-state index contributed by atoms with van der Waals surface area (Å²) in [5.74, 6) is 0. The second-order valence-electron chi connectivity index (χ2n) is 3.06. The molecule has 0 aliphatic heterocycles. The molecule has 0 saturated carbocycles. The van der Waals surface area contributed by atoms with Gasteiger partial charge < -0.3 is 10.7 Å². The van der Waals surface area contributed by atoms with Gasteiger partial charge in [-0.05, 0) is 29.7 Å². The Labute approximate surface area is 85.5 Å². The second-order valence-corrected chi connectivity index (χ2v) is 3.50. The molecule has 0 atom stereocenters. The molecule has 0 amide bonds. The number of fused-ring (bicyclic) bond motifs is 1. The average Bonchev–Trinajstić information content (AvgIpc) is 2.16. The van der Waals surface area contributed by atoms with Crippen LogP contribution in [0.3, 0.4) is 0 Å². The first-order valence-corrected chi connectivity index (χ1v) is 4.60. The van der Waals surface area contributed by atoms with Crippen molar-refractivity contribution in [2.75, 3.05) is 0 Å². The summed E-state index contributed by atoms with van der Waals surface area (Å²) in [7, 11) is 0. The normalized spacial score (nSPS) is 10.7. The van der Waals surface area contributed by atoms with Crippen LogP contribution in [0.1, 0.15) is 5.69 Å². The minimum Gasteiger partial charge on any atom is -0.325 e. The molecule has 0 bridgehead atoms. The van der Waals surface area contributed by atoms with Crippen molar-refractivity contribution in [3.05, 3.63) is 45.3 Å². The van der Waals surface area contributed by atoms with Crippen molar-refractivity contribution in [2.24, 2.45) is 5.73 Å². The lowest BCUT2D eigenvalue weighted by atomic mass is 10.1. The van der Waals surface area contributed by atoms with Crippen LogP contribution in [0.4, 0.5) is 0 Å². The zero-order chi connectivity index (χ0) is 10.1. The summed E-state index contributed by atoms with van der Waals surface area (Å²) in [5.41, 5.74) is 6.03. The molecule has 0 spiro atoms. The van der Waals surface area contributed by atoms with Gasteiger partial charge in [-0.1, -0.05) is 11.6 Å². The van der Waals surface area contributed by atoms with E-state index in [0.717, 1.165) is 5.39 Å². The lowest BCUT2D eigenvalue weighted by Crippen LogP contribution is -2.11. The van der Waals surface area contributed by atoms with E-state index in [0.29, 0.717) is 22.6 Å². The topological polar surface area (TPSA) is 58.9 Å². The SMILES string of the molecule is NCc1cc2cc(Cl)ccc2c(=O)[nH]1. The Bertz CT molecular complexity index is 533. The van der Waals surface area contributed by atoms with Gasteiger partial charge >= 0.3 is 0 Å². The number of pyridine rings is 1. The summed E-state index contributed by atoms with van der Waals surface area (Å²) in [5, 5.41) is 2.07. The number of H-pyrrole nitrogens is 1. The molecule has 2 rings (SSSR count). The van der Waals surface area contributed by atoms with Crippen molar-refractivity contribution in [3.63, 3.8) is 0 Å². The second kappa shape index (κ2) is 3.44. The van der Waals surface area contributed by atoms with Crippen LogP contribution in [0.2, 0.25) is 5.02 Å². The smallest absolute Gasteiger partial charge is 0.256 e. The van der Waals surface area contributed by atoms with Gasteiger partial charge in [0.05, 0.1) is 0 Å². The Hall–Kier alpha value is -1.32. The van der Waals surface area contributed by atoms with Crippen LogP contribution in [0.25, 0.3) is 10.8 Å². The van der Waals surface area contributed by atoms with Crippen LogP contribution >= 0.6 is 11.6 Å². The van der Waals surface area contributed by atoms with Crippen LogP contribution < -0.4 is 11.3 Å². The summed E-state index contributed by atoms with van der Waals surface area (Å²) in [4.78, 5) is 14.2. The van der Waals surface area contributed by atoms with Crippen LogP contribution in [0, 0.1) is 0 Å². The first-order chi connectivity index (χ1) is 6.70. The predicted octanol–water partition coefficient (Wildman–Crippen LogP) is 1.64. The number of hydrogen-bond acceptors (Lipinski definition) is 2. The highest BCUT2D eigenvalue weighted by Gasteiger charge is 2.01. The maximum absolute atomic E-state index is 11.5. The van der Waals surface area contributed by atoms with Gasteiger partial charge in [0, 0.05) is 22.6 Å². The van der Waals surface area contributed by atoms with Crippen LogP contribution in [-0.2, 0) is 6.54 Å². The third-order valence-electron chi connectivity index (χ3n) is 2.08. The number of nitrogens with two attached hydrogens (primary N) is 1. The fourth-order valence-electron chi connectivity index (χ4n) is 1.41. The van der Waals surface area contributed by atoms with Gasteiger partial charge in [-0.2, -0.15) is 0 Å². The zero-order valence-electron chi connectivity index (χ0n) is 7.38. The Morgan fingerprint density at radius 2 is 2.14 bits per heavy atom. The molecule has 72 valence electrons. The summed E-state index contributed by atoms with van der Waals surface area (Å²) < 4.78 is 0. The molecular weight excluding hydrogens is 200 g/mol. The maximum atomic E-state index is 11.5. The summed E-state index contributed by atoms with van der Waals surface area (Å²) in [6.07, 6.45) is 0. The van der Waals surface area contributed by atoms with E-state index in [4.69, 9.17) is 17.3 Å². The summed E-state index contributed by atoms with van der Waals surface area (Å²) >= 11 is 5.82. The van der Waals surface area contributed by atoms with E-state index in [1.807, 2.05) is 6.07 Å². The van der Waals surface area contributed by atoms with Crippen LogP contribution in [0.5, 0.6) is 0 Å². The number of nitrogens with one attached hydrogen (secondary N) is 1. The van der Waals surface area contributed by atoms with Crippen molar-refractivity contribution in [1.82, 2.24) is 4.98 Å². The summed E-state index contributed by atoms with van der Waals surface area (Å²) in [6, 6.07) is 6.99. The molecule has 0 unspecified atom stereocenters. The van der Waals surface area contributed by atoms with E-state index >= 15 is 0 Å². The Kier molecular flexibility index (Phi) is 2.27. The lowest BCUT2D eigenvalue weighted by molar-refractivity contribution is 0.983. The molecule has 14 heavy (non-hydrogen) atoms. The van der Waals surface area contributed by atoms with Crippen molar-refractivity contribution < 1.29 is 0 Å². The minimum atomic E-state index is -0.125. The third-order valence-corrected chi connectivity index (χ3v) is 2.32. The largest absolute Gasteiger partial charge is 0.325 e. The van der Waals surface area contributed by atoms with E-state index in [9.17, 15) is 4.79 Å². The van der Waals surface area contributed by atoms with Gasteiger partial charge in [-0.25, -0.2) is 0 Å². The molecule has 3 N–H and O–H groups in total. The van der Waals surface area contributed by atoms with Crippen molar-refractivity contribution >= 4 is 22.4 Å². The molecule has 1 aromatic heterocycles. The van der Waals surface area contributed by atoms with Crippen molar-refractivity contribution in [2.45, 2.75) is 6.54 Å². The van der Waals surface area contributed by atoms with Crippen molar-refractivity contribution in [1.29, 1.82) is 0 Å². The quantitative estimate of drug-likeness (QED) is 0.749. The van der Waals surface area contributed by atoms with Crippen LogP contribution in [-0.4, -0.2) is 4.98 Å². The Morgan fingerprint density at radius 3 is 2.86 bits per heavy atom. The standard InChI is InChI=1S/C10H9ClN2O/c11-7-1-2-9-6(3-7)4-8(5-12)13-10(9)14/h1-4H,5,12H2,(H,13,14). The lowest BCUT2D eigenvalue weighted by Gasteiger charge is -2.01. The van der Waals surface area contributed by atoms with Gasteiger partial charge in [0.15, 0.2) is 0 Å². The van der Waals surface area contributed by atoms with Crippen molar-refractivity contribution in [3.8, 4) is 0 Å². The number of rotatable bonds is 1. The molecule has 0 fully saturated rings. The number of aromatic nitrogens is 1. The third kappa shape index (κ3) is 1.52. The molecule has 0 aliphatic carbocycles. The first kappa shape index (κ1) is 9.24. The molecule has 0 saturated heterocycles. The number of halogens is 1. The van der Waals surface area contributed by atoms with Crippen LogP contribution in [0.15, 0.2) is 29.1 Å². The first-order valence-electron chi connectivity index (χ1n) is 4.22. The Morgan fingerprint density at radius 1 is 1.36 bits per heavy atom. The van der Waals surface area contributed by atoms with E-state index in [1.165, 1.54) is 0 Å². The average molecular weight is 209 g/mol. The fourth-order valence-corrected chi connectivity index (χ4v) is 1.59. The van der Waals surface area contributed by atoms with Gasteiger partial charge in [0.2, 0.25) is 0 Å². The molecular formula is C10H9ClN2O. The number of benzene rings is 1. The van der Waals surface area contributed by atoms with Gasteiger partial charge in [-0.3, -0.25) is 4.79 Å². The molecule has 1 heterocycles. The number of aromatic amines is 1. The molecule has 4 heteroatoms. The predicted molar refractivity (Wildman–Crippen MR) is 57.5 cm³/mol. The maximum Gasteiger partial charge on any atom is 0.256 e. The van der Waals surface area contributed by atoms with E-state index in [1.54, 1.807) is 18.2 Å². The van der Waals surface area contributed by atoms with E-state index in [2.05, 4.69) is 4.98 Å².